The van der Waals surface area contributed by atoms with Gasteiger partial charge in [0.1, 0.15) is 0 Å². The molecule has 1 spiro atoms. The van der Waals surface area contributed by atoms with Crippen molar-refractivity contribution in [3.63, 3.8) is 0 Å². The van der Waals surface area contributed by atoms with Crippen molar-refractivity contribution >= 4 is 0 Å². The minimum Gasteiger partial charge on any atom is -0.0496 e. The van der Waals surface area contributed by atoms with Gasteiger partial charge in [0, 0.05) is 0 Å². The van der Waals surface area contributed by atoms with Crippen LogP contribution in [0.5, 0.6) is 0 Å². The molecule has 4 rings (SSSR count). The third-order valence-electron chi connectivity index (χ3n) is 5.99. The Bertz CT molecular complexity index is 202. The van der Waals surface area contributed by atoms with Crippen molar-refractivity contribution in [3.05, 3.63) is 0 Å². The summed E-state index contributed by atoms with van der Waals surface area (Å²) < 4.78 is 0. The van der Waals surface area contributed by atoms with Crippen molar-refractivity contribution < 1.29 is 0 Å². The molecule has 4 fully saturated rings. The fraction of sp³-hybridized carbons (Fsp3) is 1.00. The van der Waals surface area contributed by atoms with E-state index >= 15 is 0 Å². The van der Waals surface area contributed by atoms with Crippen molar-refractivity contribution in [1.82, 2.24) is 0 Å². The maximum absolute atomic E-state index is 1.63. The second-order valence-corrected chi connectivity index (χ2v) is 5.76. The van der Waals surface area contributed by atoms with Crippen molar-refractivity contribution in [1.29, 1.82) is 0 Å². The summed E-state index contributed by atoms with van der Waals surface area (Å²) in [6.45, 7) is 0. The molecule has 0 radical (unpaired) electrons. The lowest BCUT2D eigenvalue weighted by Crippen LogP contribution is -2.46. The molecular weight excluding hydrogens is 144 g/mol. The summed E-state index contributed by atoms with van der Waals surface area (Å²) in [5.74, 6) is 4.83. The van der Waals surface area contributed by atoms with Crippen LogP contribution in [0.3, 0.4) is 0 Å². The number of rotatable bonds is 0. The van der Waals surface area contributed by atoms with Gasteiger partial charge in [-0.05, 0) is 74.0 Å². The number of hydrogen-bond donors (Lipinski definition) is 0. The van der Waals surface area contributed by atoms with Crippen LogP contribution in [0.15, 0.2) is 0 Å². The molecule has 4 saturated carbocycles. The zero-order valence-corrected chi connectivity index (χ0v) is 7.76. The maximum atomic E-state index is 1.63. The standard InChI is InChI=1S/C12H18/c1-2-9-4-6-11-7-10-5-3-8(1)12(9,10)11/h8-11H,1-7H2/t8-,9-,10+,11+,12?/m0/s1. The van der Waals surface area contributed by atoms with Gasteiger partial charge in [0.05, 0.1) is 0 Å². The quantitative estimate of drug-likeness (QED) is 0.513. The highest BCUT2D eigenvalue weighted by atomic mass is 14.7. The van der Waals surface area contributed by atoms with E-state index in [4.69, 9.17) is 0 Å². The minimum absolute atomic E-state index is 0.972. The van der Waals surface area contributed by atoms with Gasteiger partial charge in [-0.2, -0.15) is 0 Å². The van der Waals surface area contributed by atoms with Crippen LogP contribution < -0.4 is 0 Å². The molecule has 0 unspecified atom stereocenters. The highest BCUT2D eigenvalue weighted by molar-refractivity contribution is 5.18. The van der Waals surface area contributed by atoms with Crippen molar-refractivity contribution in [2.75, 3.05) is 0 Å². The van der Waals surface area contributed by atoms with E-state index in [2.05, 4.69) is 0 Å². The van der Waals surface area contributed by atoms with Gasteiger partial charge < -0.3 is 0 Å². The molecule has 0 aromatic rings. The summed E-state index contributed by atoms with van der Waals surface area (Å²) in [5.41, 5.74) is 0.972. The topological polar surface area (TPSA) is 0 Å². The summed E-state index contributed by atoms with van der Waals surface area (Å²) in [4.78, 5) is 0. The van der Waals surface area contributed by atoms with Gasteiger partial charge in [-0.15, -0.1) is 0 Å². The first kappa shape index (κ1) is 6.45. The molecule has 66 valence electrons. The van der Waals surface area contributed by atoms with Crippen molar-refractivity contribution in [2.24, 2.45) is 29.1 Å². The van der Waals surface area contributed by atoms with E-state index < -0.39 is 0 Å². The van der Waals surface area contributed by atoms with Crippen LogP contribution in [0.1, 0.15) is 44.9 Å². The van der Waals surface area contributed by atoms with Gasteiger partial charge in [-0.25, -0.2) is 0 Å². The van der Waals surface area contributed by atoms with E-state index in [1.165, 1.54) is 23.7 Å². The normalized spacial score (nSPS) is 66.0. The average molecular weight is 162 g/mol. The summed E-state index contributed by atoms with van der Waals surface area (Å²) in [7, 11) is 0. The molecule has 0 aromatic heterocycles. The van der Waals surface area contributed by atoms with Crippen molar-refractivity contribution in [2.45, 2.75) is 44.9 Å². The van der Waals surface area contributed by atoms with Crippen LogP contribution in [-0.4, -0.2) is 0 Å². The SMILES string of the molecule is C1C[C@H]2CC[C@@H]3C[C@H]4CC[C@H]1C243. The van der Waals surface area contributed by atoms with E-state index in [0.29, 0.717) is 0 Å². The maximum Gasteiger partial charge on any atom is -0.0184 e. The molecule has 0 heterocycles. The summed E-state index contributed by atoms with van der Waals surface area (Å²) >= 11 is 0. The van der Waals surface area contributed by atoms with Crippen LogP contribution in [0.25, 0.3) is 0 Å². The summed E-state index contributed by atoms with van der Waals surface area (Å²) in [6, 6.07) is 0. The van der Waals surface area contributed by atoms with Gasteiger partial charge >= 0.3 is 0 Å². The van der Waals surface area contributed by atoms with E-state index in [-0.39, 0.29) is 0 Å². The molecule has 0 heteroatoms. The largest absolute Gasteiger partial charge is 0.0496 e. The second-order valence-electron chi connectivity index (χ2n) is 5.76. The number of hydrogen-bond acceptors (Lipinski definition) is 0. The molecular formula is C12H18. The van der Waals surface area contributed by atoms with Crippen LogP contribution in [0, 0.1) is 29.1 Å². The molecule has 0 aliphatic heterocycles. The zero-order chi connectivity index (χ0) is 7.76. The lowest BCUT2D eigenvalue weighted by atomic mass is 9.52. The Morgan fingerprint density at radius 2 is 1.00 bits per heavy atom. The molecule has 4 atom stereocenters. The van der Waals surface area contributed by atoms with Gasteiger partial charge in [-0.1, -0.05) is 0 Å². The van der Waals surface area contributed by atoms with Gasteiger partial charge in [-0.3, -0.25) is 0 Å². The fourth-order valence-corrected chi connectivity index (χ4v) is 5.82. The Labute approximate surface area is 74.7 Å². The molecule has 0 saturated heterocycles. The molecule has 0 bridgehead atoms. The van der Waals surface area contributed by atoms with Crippen molar-refractivity contribution in [3.8, 4) is 0 Å². The molecule has 4 aliphatic carbocycles. The minimum atomic E-state index is 0.972. The van der Waals surface area contributed by atoms with Crippen LogP contribution >= 0.6 is 0 Å². The predicted octanol–water partition coefficient (Wildman–Crippen LogP) is 3.22. The third-order valence-corrected chi connectivity index (χ3v) is 5.99. The van der Waals surface area contributed by atoms with E-state index in [1.807, 2.05) is 0 Å². The zero-order valence-electron chi connectivity index (χ0n) is 7.76. The third kappa shape index (κ3) is 0.438. The molecule has 0 N–H and O–H groups in total. The second kappa shape index (κ2) is 1.76. The Hall–Kier alpha value is 0. The molecule has 0 amide bonds. The molecule has 4 aliphatic rings. The Kier molecular flexibility index (Phi) is 0.946. The molecule has 0 nitrogen and oxygen atoms in total. The van der Waals surface area contributed by atoms with Crippen LogP contribution in [0.4, 0.5) is 0 Å². The first-order valence-electron chi connectivity index (χ1n) is 5.92. The highest BCUT2D eigenvalue weighted by Crippen LogP contribution is 2.77. The summed E-state index contributed by atoms with van der Waals surface area (Å²) in [5, 5.41) is 0. The van der Waals surface area contributed by atoms with Gasteiger partial charge in [0.2, 0.25) is 0 Å². The average Bonchev–Trinajstić information content (AvgIpc) is 2.60. The highest BCUT2D eigenvalue weighted by Gasteiger charge is 2.69. The van der Waals surface area contributed by atoms with E-state index in [1.54, 1.807) is 44.9 Å². The Balaban J connectivity index is 1.87. The first-order chi connectivity index (χ1) is 5.92. The first-order valence-corrected chi connectivity index (χ1v) is 5.92. The van der Waals surface area contributed by atoms with Crippen LogP contribution in [0.2, 0.25) is 0 Å². The van der Waals surface area contributed by atoms with E-state index in [9.17, 15) is 0 Å². The lowest BCUT2D eigenvalue weighted by Gasteiger charge is -2.52. The predicted molar refractivity (Wildman–Crippen MR) is 48.7 cm³/mol. The Morgan fingerprint density at radius 3 is 1.50 bits per heavy atom. The summed E-state index contributed by atoms with van der Waals surface area (Å²) in [6.07, 6.45) is 11.3. The smallest absolute Gasteiger partial charge is 0.0184 e. The molecule has 0 aromatic carbocycles. The molecule has 12 heavy (non-hydrogen) atoms. The monoisotopic (exact) mass is 162 g/mol. The fourth-order valence-electron chi connectivity index (χ4n) is 5.82. The Morgan fingerprint density at radius 1 is 0.583 bits per heavy atom. The van der Waals surface area contributed by atoms with Gasteiger partial charge in [0.25, 0.3) is 0 Å². The van der Waals surface area contributed by atoms with E-state index in [0.717, 1.165) is 5.41 Å². The van der Waals surface area contributed by atoms with Crippen LogP contribution in [-0.2, 0) is 0 Å². The van der Waals surface area contributed by atoms with Gasteiger partial charge in [0.15, 0.2) is 0 Å². The lowest BCUT2D eigenvalue weighted by molar-refractivity contribution is -0.0436.